The van der Waals surface area contributed by atoms with E-state index in [1.165, 1.54) is 22.0 Å². The van der Waals surface area contributed by atoms with Crippen molar-refractivity contribution >= 4 is 57.2 Å². The van der Waals surface area contributed by atoms with Gasteiger partial charge in [-0.05, 0) is 97.1 Å². The number of hydrogen-bond donors (Lipinski definition) is 0. The molecule has 4 heterocycles. The van der Waals surface area contributed by atoms with E-state index in [1.54, 1.807) is 0 Å². The Morgan fingerprint density at radius 2 is 0.586 bits per heavy atom. The van der Waals surface area contributed by atoms with E-state index >= 15 is 0 Å². The van der Waals surface area contributed by atoms with Crippen LogP contribution in [-0.4, -0.2) is 6.71 Å². The summed E-state index contributed by atoms with van der Waals surface area (Å²) in [5.74, 6) is 3.15. The third-order valence-corrected chi connectivity index (χ3v) is 18.2. The van der Waals surface area contributed by atoms with Gasteiger partial charge in [0.15, 0.2) is 0 Å². The van der Waals surface area contributed by atoms with Crippen LogP contribution in [0.3, 0.4) is 0 Å². The number of para-hydroxylation sites is 6. The predicted octanol–water partition coefficient (Wildman–Crippen LogP) is 20.6. The lowest BCUT2D eigenvalue weighted by atomic mass is 9.33. The number of fused-ring (bicyclic) bond motifs is 16. The van der Waals surface area contributed by atoms with Crippen molar-refractivity contribution in [2.24, 2.45) is 0 Å². The van der Waals surface area contributed by atoms with Gasteiger partial charge >= 0.3 is 0 Å². The summed E-state index contributed by atoms with van der Waals surface area (Å²) >= 11 is 0. The molecule has 410 valence electrons. The van der Waals surface area contributed by atoms with Gasteiger partial charge in [-0.1, -0.05) is 276 Å². The quantitative estimate of drug-likeness (QED) is 0.164. The van der Waals surface area contributed by atoms with E-state index in [2.05, 4.69) is 322 Å². The van der Waals surface area contributed by atoms with Crippen LogP contribution in [0.4, 0.5) is 34.1 Å². The SMILES string of the molecule is CC(C)(C)c1cc2c3c(c1)N1c4c(-c5ccccc5)cccc4-c4ccccc4Oc4ccccc4-c4c(-c5ccccc5)ccc(c41)B3c1ccc(-c3ccccc3)c3c1N2c1c(-c2ccccc2)cccc1-c1ccccc1Oc1ccccc1-3. The minimum absolute atomic E-state index is 0.292. The lowest BCUT2D eigenvalue weighted by Crippen LogP contribution is -2.62. The van der Waals surface area contributed by atoms with E-state index in [1.807, 2.05) is 0 Å². The number of hydrogen-bond acceptors (Lipinski definition) is 4. The first kappa shape index (κ1) is 50.6. The Morgan fingerprint density at radius 1 is 0.276 bits per heavy atom. The molecule has 17 rings (SSSR count). The summed E-state index contributed by atoms with van der Waals surface area (Å²) in [7, 11) is 0. The molecule has 4 nitrogen and oxygen atoms in total. The minimum atomic E-state index is -0.330. The maximum absolute atomic E-state index is 7.43. The Kier molecular flexibility index (Phi) is 11.6. The van der Waals surface area contributed by atoms with Crippen molar-refractivity contribution < 1.29 is 9.47 Å². The molecule has 0 aromatic heterocycles. The topological polar surface area (TPSA) is 24.9 Å². The van der Waals surface area contributed by atoms with Gasteiger partial charge in [-0.25, -0.2) is 0 Å². The fourth-order valence-corrected chi connectivity index (χ4v) is 14.4. The van der Waals surface area contributed by atoms with Crippen LogP contribution in [-0.2, 0) is 5.41 Å². The number of ether oxygens (including phenoxy) is 2. The summed E-state index contributed by atoms with van der Waals surface area (Å²) in [6.07, 6.45) is 0. The van der Waals surface area contributed by atoms with Crippen LogP contribution in [0.2, 0.25) is 0 Å². The second kappa shape index (κ2) is 19.9. The van der Waals surface area contributed by atoms with Crippen molar-refractivity contribution in [2.45, 2.75) is 26.2 Å². The van der Waals surface area contributed by atoms with E-state index < -0.39 is 0 Å². The zero-order valence-electron chi connectivity index (χ0n) is 48.5. The van der Waals surface area contributed by atoms with Crippen molar-refractivity contribution in [3.63, 3.8) is 0 Å². The molecule has 5 heteroatoms. The highest BCUT2D eigenvalue weighted by atomic mass is 16.5. The zero-order valence-corrected chi connectivity index (χ0v) is 48.5. The lowest BCUT2D eigenvalue weighted by Gasteiger charge is -2.48. The fraction of sp³-hybridized carbons (Fsp3) is 0.0488. The molecule has 0 saturated heterocycles. The van der Waals surface area contributed by atoms with Crippen molar-refractivity contribution in [3.05, 3.63) is 297 Å². The van der Waals surface area contributed by atoms with Crippen molar-refractivity contribution in [1.82, 2.24) is 0 Å². The number of benzene rings is 13. The van der Waals surface area contributed by atoms with Gasteiger partial charge in [-0.15, -0.1) is 0 Å². The van der Waals surface area contributed by atoms with E-state index in [-0.39, 0.29) is 12.1 Å². The lowest BCUT2D eigenvalue weighted by molar-refractivity contribution is 0.486. The summed E-state index contributed by atoms with van der Waals surface area (Å²) in [6.45, 7) is 6.82. The van der Waals surface area contributed by atoms with E-state index in [0.717, 1.165) is 146 Å². The summed E-state index contributed by atoms with van der Waals surface area (Å²) in [5.41, 5.74) is 28.4. The van der Waals surface area contributed by atoms with Crippen LogP contribution in [0.15, 0.2) is 291 Å². The molecule has 0 aliphatic carbocycles. The van der Waals surface area contributed by atoms with E-state index in [4.69, 9.17) is 9.47 Å². The molecule has 0 amide bonds. The average molecular weight is 1110 g/mol. The van der Waals surface area contributed by atoms with Gasteiger partial charge in [0.1, 0.15) is 23.0 Å². The second-order valence-electron chi connectivity index (χ2n) is 24.2. The molecular weight excluding hydrogens is 1060 g/mol. The molecule has 0 fully saturated rings. The van der Waals surface area contributed by atoms with Crippen molar-refractivity contribution in [2.75, 3.05) is 9.80 Å². The smallest absolute Gasteiger partial charge is 0.252 e. The van der Waals surface area contributed by atoms with E-state index in [9.17, 15) is 0 Å². The van der Waals surface area contributed by atoms with Crippen molar-refractivity contribution in [3.8, 4) is 112 Å². The molecule has 4 aliphatic heterocycles. The molecule has 13 aromatic carbocycles. The van der Waals surface area contributed by atoms with Crippen LogP contribution >= 0.6 is 0 Å². The summed E-state index contributed by atoms with van der Waals surface area (Å²) in [6, 6.07) is 107. The molecule has 4 aliphatic rings. The van der Waals surface area contributed by atoms with Crippen molar-refractivity contribution in [1.29, 1.82) is 0 Å². The van der Waals surface area contributed by atoms with Crippen LogP contribution in [0.5, 0.6) is 23.0 Å². The maximum Gasteiger partial charge on any atom is 0.252 e. The minimum Gasteiger partial charge on any atom is -0.456 e. The Hall–Kier alpha value is -10.9. The zero-order chi connectivity index (χ0) is 57.9. The predicted molar refractivity (Wildman–Crippen MR) is 363 cm³/mol. The molecule has 0 bridgehead atoms. The Morgan fingerprint density at radius 3 is 0.966 bits per heavy atom. The number of anilines is 6. The third kappa shape index (κ3) is 7.93. The van der Waals surface area contributed by atoms with Gasteiger partial charge in [0, 0.05) is 67.0 Å². The molecule has 0 radical (unpaired) electrons. The van der Waals surface area contributed by atoms with Gasteiger partial charge in [0.25, 0.3) is 6.71 Å². The van der Waals surface area contributed by atoms with Crippen LogP contribution in [0.25, 0.3) is 89.0 Å². The molecule has 0 unspecified atom stereocenters. The summed E-state index contributed by atoms with van der Waals surface area (Å²) < 4.78 is 14.9. The van der Waals surface area contributed by atoms with E-state index in [0.29, 0.717) is 0 Å². The fourth-order valence-electron chi connectivity index (χ4n) is 14.4. The standard InChI is InChI=1S/C82H57BN2O2/c1-82(2,3)56-50-69-77-70(51-56)85-79-60(55-32-14-7-15-33-55)39-25-41-64(79)62-35-17-21-43-72(62)87-74-45-23-19-37-66(74)76-58(53-28-10-5-11-29-53)47-49-68(81(76)85)83(77)67-48-46-57(52-26-8-4-9-27-52)75-65-36-18-22-44-73(65)86-71-42-20-16-34-61(71)63-40-24-38-59(54-30-12-6-13-31-54)78(63)84(69)80(67)75/h4-51H,1-3H3. The van der Waals surface area contributed by atoms with Crippen LogP contribution < -0.4 is 35.7 Å². The molecule has 87 heavy (non-hydrogen) atoms. The maximum atomic E-state index is 7.43. The van der Waals surface area contributed by atoms with Gasteiger partial charge in [0.05, 0.1) is 22.7 Å². The highest BCUT2D eigenvalue weighted by molar-refractivity contribution is 7.00. The molecule has 0 atom stereocenters. The van der Waals surface area contributed by atoms with Crippen LogP contribution in [0.1, 0.15) is 26.3 Å². The summed E-state index contributed by atoms with van der Waals surface area (Å²) in [5, 5.41) is 0. The average Bonchev–Trinajstić information content (AvgIpc) is 0.701. The molecule has 0 spiro atoms. The first-order valence-corrected chi connectivity index (χ1v) is 30.2. The largest absolute Gasteiger partial charge is 0.456 e. The highest BCUT2D eigenvalue weighted by Gasteiger charge is 2.49. The molecule has 13 aromatic rings. The first-order chi connectivity index (χ1) is 42.9. The monoisotopic (exact) mass is 1110 g/mol. The second-order valence-corrected chi connectivity index (χ2v) is 24.2. The normalized spacial score (nSPS) is 12.9. The van der Waals surface area contributed by atoms with Gasteiger partial charge < -0.3 is 19.3 Å². The number of nitrogens with zero attached hydrogens (tertiary/aromatic N) is 2. The summed E-state index contributed by atoms with van der Waals surface area (Å²) in [4.78, 5) is 5.40. The Balaban J connectivity index is 1.13. The highest BCUT2D eigenvalue weighted by Crippen LogP contribution is 2.60. The van der Waals surface area contributed by atoms with Gasteiger partial charge in [-0.2, -0.15) is 0 Å². The molecular formula is C82H57BN2O2. The first-order valence-electron chi connectivity index (χ1n) is 30.2. The molecule has 0 saturated carbocycles. The van der Waals surface area contributed by atoms with Crippen LogP contribution in [0, 0.1) is 0 Å². The molecule has 0 N–H and O–H groups in total. The third-order valence-electron chi connectivity index (χ3n) is 18.2. The Labute approximate surface area is 508 Å². The van der Waals surface area contributed by atoms with Gasteiger partial charge in [-0.3, -0.25) is 0 Å². The van der Waals surface area contributed by atoms with Gasteiger partial charge in [0.2, 0.25) is 0 Å². The Bertz CT molecular complexity index is 4620. The number of rotatable bonds is 4.